The Kier molecular flexibility index (Phi) is 6.69. The molecule has 0 heterocycles. The van der Waals surface area contributed by atoms with Crippen LogP contribution in [0.1, 0.15) is 73.1 Å². The fourth-order valence-electron chi connectivity index (χ4n) is 6.03. The lowest BCUT2D eigenvalue weighted by molar-refractivity contribution is -0.157. The smallest absolute Gasteiger partial charge is 0.329 e. The summed E-state index contributed by atoms with van der Waals surface area (Å²) >= 11 is 0. The summed E-state index contributed by atoms with van der Waals surface area (Å²) in [6.45, 7) is 8.56. The standard InChI is InChI=1S/C24H37N3O4/c1-14(2)20(21(29)31-12-19(28)27-23(5,13-25)15(3)4)26-22(30)24-9-16-6-17(10-24)8-18(7-16)11-24/h14-18,20H,6-12H2,1-5H3,(H,26,30)(H,27,28)/t16?,17?,18?,20-,23-,24?/m0/s1. The summed E-state index contributed by atoms with van der Waals surface area (Å²) in [5.41, 5.74) is -1.38. The number of hydrogen-bond acceptors (Lipinski definition) is 5. The minimum atomic E-state index is -1.03. The molecule has 0 spiro atoms. The maximum Gasteiger partial charge on any atom is 0.329 e. The summed E-state index contributed by atoms with van der Waals surface area (Å²) in [6, 6.07) is 1.31. The molecule has 7 nitrogen and oxygen atoms in total. The number of nitrogens with one attached hydrogen (secondary N) is 2. The van der Waals surface area contributed by atoms with E-state index in [4.69, 9.17) is 4.74 Å². The molecule has 0 aromatic rings. The molecule has 31 heavy (non-hydrogen) atoms. The topological polar surface area (TPSA) is 108 Å². The van der Waals surface area contributed by atoms with Crippen LogP contribution in [0.15, 0.2) is 0 Å². The van der Waals surface area contributed by atoms with Gasteiger partial charge >= 0.3 is 5.97 Å². The van der Waals surface area contributed by atoms with Gasteiger partial charge in [-0.15, -0.1) is 0 Å². The van der Waals surface area contributed by atoms with Crippen LogP contribution in [0.2, 0.25) is 0 Å². The van der Waals surface area contributed by atoms with Gasteiger partial charge in [0.15, 0.2) is 6.61 Å². The van der Waals surface area contributed by atoms with Crippen LogP contribution in [0, 0.1) is 46.3 Å². The van der Waals surface area contributed by atoms with Crippen LogP contribution in [-0.2, 0) is 19.1 Å². The van der Waals surface area contributed by atoms with Crippen molar-refractivity contribution in [1.82, 2.24) is 10.6 Å². The quantitative estimate of drug-likeness (QED) is 0.575. The lowest BCUT2D eigenvalue weighted by atomic mass is 9.49. The Balaban J connectivity index is 1.58. The van der Waals surface area contributed by atoms with Crippen molar-refractivity contribution < 1.29 is 19.1 Å². The van der Waals surface area contributed by atoms with Crippen molar-refractivity contribution in [2.24, 2.45) is 35.0 Å². The largest absolute Gasteiger partial charge is 0.454 e. The zero-order valence-corrected chi connectivity index (χ0v) is 19.5. The fraction of sp³-hybridized carbons (Fsp3) is 0.833. The lowest BCUT2D eigenvalue weighted by Crippen LogP contribution is -2.57. The number of esters is 1. The van der Waals surface area contributed by atoms with Crippen LogP contribution in [0.5, 0.6) is 0 Å². The van der Waals surface area contributed by atoms with Crippen molar-refractivity contribution in [1.29, 1.82) is 5.26 Å². The van der Waals surface area contributed by atoms with E-state index in [0.717, 1.165) is 19.3 Å². The van der Waals surface area contributed by atoms with Crippen LogP contribution in [0.3, 0.4) is 0 Å². The second-order valence-corrected chi connectivity index (χ2v) is 11.0. The number of rotatable bonds is 8. The molecule has 4 rings (SSSR count). The molecule has 0 radical (unpaired) electrons. The molecular formula is C24H37N3O4. The average Bonchev–Trinajstić information content (AvgIpc) is 2.68. The molecule has 0 saturated heterocycles. The van der Waals surface area contributed by atoms with E-state index in [9.17, 15) is 19.6 Å². The third-order valence-corrected chi connectivity index (χ3v) is 7.86. The van der Waals surface area contributed by atoms with Crippen molar-refractivity contribution in [3.63, 3.8) is 0 Å². The number of hydrogen-bond donors (Lipinski definition) is 2. The maximum atomic E-state index is 13.3. The molecule has 4 bridgehead atoms. The van der Waals surface area contributed by atoms with Crippen LogP contribution >= 0.6 is 0 Å². The van der Waals surface area contributed by atoms with Crippen LogP contribution in [0.25, 0.3) is 0 Å². The van der Waals surface area contributed by atoms with E-state index in [-0.39, 0.29) is 23.2 Å². The van der Waals surface area contributed by atoms with Crippen molar-refractivity contribution in [3.8, 4) is 6.07 Å². The van der Waals surface area contributed by atoms with Gasteiger partial charge in [0.1, 0.15) is 11.6 Å². The van der Waals surface area contributed by atoms with Gasteiger partial charge in [0.05, 0.1) is 6.07 Å². The molecule has 2 N–H and O–H groups in total. The third-order valence-electron chi connectivity index (χ3n) is 7.86. The van der Waals surface area contributed by atoms with E-state index in [2.05, 4.69) is 16.7 Å². The maximum absolute atomic E-state index is 13.3. The molecular weight excluding hydrogens is 394 g/mol. The third kappa shape index (κ3) is 4.88. The molecule has 0 aromatic heterocycles. The number of carbonyl (C=O) groups is 3. The summed E-state index contributed by atoms with van der Waals surface area (Å²) in [5, 5.41) is 14.9. The van der Waals surface area contributed by atoms with Crippen LogP contribution in [0.4, 0.5) is 0 Å². The second-order valence-electron chi connectivity index (χ2n) is 11.0. The second kappa shape index (κ2) is 8.80. The van der Waals surface area contributed by atoms with E-state index in [1.807, 2.05) is 27.7 Å². The molecule has 4 aliphatic rings. The molecule has 4 aliphatic carbocycles. The summed E-state index contributed by atoms with van der Waals surface area (Å²) in [6.07, 6.45) is 6.51. The lowest BCUT2D eigenvalue weighted by Gasteiger charge is -2.55. The highest BCUT2D eigenvalue weighted by molar-refractivity contribution is 5.89. The van der Waals surface area contributed by atoms with Crippen LogP contribution < -0.4 is 10.6 Å². The monoisotopic (exact) mass is 431 g/mol. The summed E-state index contributed by atoms with van der Waals surface area (Å²) in [4.78, 5) is 38.3. The van der Waals surface area contributed by atoms with Gasteiger partial charge in [-0.2, -0.15) is 5.26 Å². The minimum Gasteiger partial charge on any atom is -0.454 e. The Morgan fingerprint density at radius 2 is 1.58 bits per heavy atom. The van der Waals surface area contributed by atoms with Crippen LogP contribution in [-0.4, -0.2) is 36.0 Å². The first-order valence-electron chi connectivity index (χ1n) is 11.7. The SMILES string of the molecule is CC(C)[C@H](NC(=O)C12CC3CC(CC(C3)C1)C2)C(=O)OCC(=O)N[C@@](C)(C#N)C(C)C. The van der Waals surface area contributed by atoms with Gasteiger partial charge in [0, 0.05) is 5.41 Å². The van der Waals surface area contributed by atoms with E-state index in [1.54, 1.807) is 6.92 Å². The van der Waals surface area contributed by atoms with E-state index < -0.39 is 30.1 Å². The van der Waals surface area contributed by atoms with Gasteiger partial charge in [-0.25, -0.2) is 4.79 Å². The van der Waals surface area contributed by atoms with E-state index in [1.165, 1.54) is 19.3 Å². The predicted octanol–water partition coefficient (Wildman–Crippen LogP) is 2.94. The Labute approximate surface area is 185 Å². The number of amides is 2. The number of ether oxygens (including phenoxy) is 1. The van der Waals surface area contributed by atoms with Crippen molar-refractivity contribution in [2.75, 3.05) is 6.61 Å². The minimum absolute atomic E-state index is 0.0245. The van der Waals surface area contributed by atoms with E-state index >= 15 is 0 Å². The fourth-order valence-corrected chi connectivity index (χ4v) is 6.03. The molecule has 4 saturated carbocycles. The molecule has 2 atom stereocenters. The molecule has 2 amide bonds. The van der Waals surface area contributed by atoms with Crippen molar-refractivity contribution in [3.05, 3.63) is 0 Å². The van der Waals surface area contributed by atoms with Gasteiger partial charge < -0.3 is 15.4 Å². The Morgan fingerprint density at radius 1 is 1.06 bits per heavy atom. The highest BCUT2D eigenvalue weighted by Gasteiger charge is 2.55. The molecule has 172 valence electrons. The zero-order valence-electron chi connectivity index (χ0n) is 19.5. The number of nitriles is 1. The van der Waals surface area contributed by atoms with Crippen molar-refractivity contribution in [2.45, 2.75) is 84.7 Å². The summed E-state index contributed by atoms with van der Waals surface area (Å²) in [7, 11) is 0. The van der Waals surface area contributed by atoms with Crippen molar-refractivity contribution >= 4 is 17.8 Å². The van der Waals surface area contributed by atoms with Gasteiger partial charge in [0.2, 0.25) is 5.91 Å². The Hall–Kier alpha value is -2.10. The zero-order chi connectivity index (χ0) is 23.0. The highest BCUT2D eigenvalue weighted by atomic mass is 16.5. The first-order valence-corrected chi connectivity index (χ1v) is 11.7. The van der Waals surface area contributed by atoms with Gasteiger partial charge in [0.25, 0.3) is 5.91 Å². The average molecular weight is 432 g/mol. The van der Waals surface area contributed by atoms with Gasteiger partial charge in [-0.1, -0.05) is 27.7 Å². The Morgan fingerprint density at radius 3 is 2.00 bits per heavy atom. The molecule has 4 fully saturated rings. The molecule has 0 aromatic carbocycles. The Bertz CT molecular complexity index is 734. The molecule has 7 heteroatoms. The van der Waals surface area contributed by atoms with Gasteiger partial charge in [-0.3, -0.25) is 9.59 Å². The highest BCUT2D eigenvalue weighted by Crippen LogP contribution is 2.60. The number of nitrogens with zero attached hydrogens (tertiary/aromatic N) is 1. The summed E-state index contributed by atoms with van der Waals surface area (Å²) < 4.78 is 5.24. The first-order chi connectivity index (χ1) is 14.5. The molecule has 0 unspecified atom stereocenters. The van der Waals surface area contributed by atoms with E-state index in [0.29, 0.717) is 17.8 Å². The first kappa shape index (κ1) is 23.6. The number of carbonyl (C=O) groups excluding carboxylic acids is 3. The normalized spacial score (nSPS) is 31.6. The molecule has 0 aliphatic heterocycles. The summed E-state index contributed by atoms with van der Waals surface area (Å²) in [5.74, 6) is 0.506. The van der Waals surface area contributed by atoms with Gasteiger partial charge in [-0.05, 0) is 75.0 Å². The predicted molar refractivity (Wildman–Crippen MR) is 115 cm³/mol.